The molecule has 3 heteroatoms. The van der Waals surface area contributed by atoms with Gasteiger partial charge in [0.05, 0.1) is 6.10 Å². The normalized spacial score (nSPS) is 12.2. The van der Waals surface area contributed by atoms with Gasteiger partial charge < -0.3 is 9.84 Å². The van der Waals surface area contributed by atoms with E-state index >= 15 is 0 Å². The summed E-state index contributed by atoms with van der Waals surface area (Å²) in [5.41, 5.74) is 2.90. The maximum Gasteiger partial charge on any atom is 0.216 e. The molecule has 0 fully saturated rings. The zero-order valence-corrected chi connectivity index (χ0v) is 11.3. The van der Waals surface area contributed by atoms with Crippen LogP contribution < -0.4 is 4.74 Å². The third-order valence-electron chi connectivity index (χ3n) is 3.04. The van der Waals surface area contributed by atoms with E-state index in [0.29, 0.717) is 18.9 Å². The van der Waals surface area contributed by atoms with Crippen LogP contribution in [0.3, 0.4) is 0 Å². The second kappa shape index (κ2) is 6.34. The fourth-order valence-corrected chi connectivity index (χ4v) is 1.88. The Bertz CT molecular complexity index is 526. The first-order chi connectivity index (χ1) is 9.20. The molecular weight excluding hydrogens is 238 g/mol. The lowest BCUT2D eigenvalue weighted by Gasteiger charge is -2.12. The van der Waals surface area contributed by atoms with E-state index in [9.17, 15) is 5.11 Å². The predicted octanol–water partition coefficient (Wildman–Crippen LogP) is 3.41. The number of aliphatic hydroxyl groups is 1. The van der Waals surface area contributed by atoms with Gasteiger partial charge in [-0.15, -0.1) is 0 Å². The maximum absolute atomic E-state index is 9.77. The van der Waals surface area contributed by atoms with Crippen LogP contribution in [0.1, 0.15) is 36.1 Å². The van der Waals surface area contributed by atoms with Crippen molar-refractivity contribution in [2.24, 2.45) is 0 Å². The number of rotatable bonds is 5. The van der Waals surface area contributed by atoms with Gasteiger partial charge in [0.25, 0.3) is 0 Å². The summed E-state index contributed by atoms with van der Waals surface area (Å²) < 4.78 is 5.70. The van der Waals surface area contributed by atoms with Crippen molar-refractivity contribution in [2.45, 2.75) is 33.0 Å². The van der Waals surface area contributed by atoms with Crippen molar-refractivity contribution in [1.82, 2.24) is 4.98 Å². The Labute approximate surface area is 113 Å². The molecule has 0 bridgehead atoms. The van der Waals surface area contributed by atoms with Crippen LogP contribution in [0.15, 0.2) is 42.6 Å². The molecule has 1 aromatic carbocycles. The molecule has 2 aromatic rings. The minimum atomic E-state index is -0.450. The van der Waals surface area contributed by atoms with Crippen LogP contribution in [0, 0.1) is 6.92 Å². The smallest absolute Gasteiger partial charge is 0.216 e. The predicted molar refractivity (Wildman–Crippen MR) is 75.0 cm³/mol. The highest BCUT2D eigenvalue weighted by Crippen LogP contribution is 2.22. The summed E-state index contributed by atoms with van der Waals surface area (Å²) in [5.74, 6) is 0.621. The average Bonchev–Trinajstić information content (AvgIpc) is 2.46. The van der Waals surface area contributed by atoms with Gasteiger partial charge in [0.2, 0.25) is 5.88 Å². The molecule has 1 atom stereocenters. The fourth-order valence-electron chi connectivity index (χ4n) is 1.88. The molecule has 0 saturated carbocycles. The largest absolute Gasteiger partial charge is 0.473 e. The van der Waals surface area contributed by atoms with E-state index < -0.39 is 6.10 Å². The summed E-state index contributed by atoms with van der Waals surface area (Å²) >= 11 is 0. The van der Waals surface area contributed by atoms with Crippen LogP contribution in [0.5, 0.6) is 5.88 Å². The lowest BCUT2D eigenvalue weighted by molar-refractivity contribution is 0.173. The van der Waals surface area contributed by atoms with E-state index in [0.717, 1.165) is 16.7 Å². The second-order valence-electron chi connectivity index (χ2n) is 4.59. The maximum atomic E-state index is 9.77. The molecule has 1 unspecified atom stereocenters. The van der Waals surface area contributed by atoms with E-state index in [1.54, 1.807) is 6.20 Å². The summed E-state index contributed by atoms with van der Waals surface area (Å²) in [6.07, 6.45) is 1.92. The molecule has 0 radical (unpaired) electrons. The van der Waals surface area contributed by atoms with Crippen LogP contribution >= 0.6 is 0 Å². The molecule has 100 valence electrons. The van der Waals surface area contributed by atoms with Crippen LogP contribution in [-0.2, 0) is 6.61 Å². The molecule has 0 aliphatic carbocycles. The molecule has 2 rings (SSSR count). The number of benzene rings is 1. The van der Waals surface area contributed by atoms with Gasteiger partial charge in [-0.05, 0) is 30.5 Å². The minimum absolute atomic E-state index is 0.450. The first-order valence-electron chi connectivity index (χ1n) is 6.52. The highest BCUT2D eigenvalue weighted by Gasteiger charge is 2.09. The number of aliphatic hydroxyl groups excluding tert-OH is 1. The van der Waals surface area contributed by atoms with E-state index in [4.69, 9.17) is 4.74 Å². The highest BCUT2D eigenvalue weighted by atomic mass is 16.5. The van der Waals surface area contributed by atoms with Gasteiger partial charge in [-0.1, -0.05) is 37.3 Å². The van der Waals surface area contributed by atoms with Crippen molar-refractivity contribution in [1.29, 1.82) is 0 Å². The number of hydrogen-bond acceptors (Lipinski definition) is 3. The summed E-state index contributed by atoms with van der Waals surface area (Å²) in [4.78, 5) is 4.28. The Morgan fingerprint density at radius 2 is 2.00 bits per heavy atom. The second-order valence-corrected chi connectivity index (χ2v) is 4.59. The summed E-state index contributed by atoms with van der Waals surface area (Å²) in [6.45, 7) is 4.39. The molecule has 3 nitrogen and oxygen atoms in total. The summed E-state index contributed by atoms with van der Waals surface area (Å²) in [5, 5.41) is 9.77. The van der Waals surface area contributed by atoms with Crippen LogP contribution in [0.4, 0.5) is 0 Å². The van der Waals surface area contributed by atoms with E-state index in [1.165, 1.54) is 0 Å². The molecule has 19 heavy (non-hydrogen) atoms. The van der Waals surface area contributed by atoms with Crippen molar-refractivity contribution in [3.63, 3.8) is 0 Å². The Kier molecular flexibility index (Phi) is 4.53. The zero-order valence-electron chi connectivity index (χ0n) is 11.3. The first kappa shape index (κ1) is 13.6. The van der Waals surface area contributed by atoms with Crippen molar-refractivity contribution >= 4 is 0 Å². The number of ether oxygens (including phenoxy) is 1. The Morgan fingerprint density at radius 1 is 1.26 bits per heavy atom. The lowest BCUT2D eigenvalue weighted by atomic mass is 10.1. The molecule has 1 N–H and O–H groups in total. The van der Waals surface area contributed by atoms with Gasteiger partial charge >= 0.3 is 0 Å². The van der Waals surface area contributed by atoms with Crippen molar-refractivity contribution in [3.8, 4) is 5.88 Å². The van der Waals surface area contributed by atoms with Gasteiger partial charge in [-0.2, -0.15) is 0 Å². The van der Waals surface area contributed by atoms with E-state index in [1.807, 2.05) is 50.2 Å². The third-order valence-corrected chi connectivity index (χ3v) is 3.04. The van der Waals surface area contributed by atoms with Crippen LogP contribution in [0.25, 0.3) is 0 Å². The number of nitrogens with zero attached hydrogens (tertiary/aromatic N) is 1. The van der Waals surface area contributed by atoms with Gasteiger partial charge in [0.15, 0.2) is 0 Å². The van der Waals surface area contributed by atoms with Gasteiger partial charge in [-0.3, -0.25) is 0 Å². The molecule has 1 aromatic heterocycles. The first-order valence-corrected chi connectivity index (χ1v) is 6.52. The molecule has 0 saturated heterocycles. The SMILES string of the molecule is CCC(O)c1cnc(OCc2ccccc2)c(C)c1. The van der Waals surface area contributed by atoms with Gasteiger partial charge in [-0.25, -0.2) is 4.98 Å². The van der Waals surface area contributed by atoms with E-state index in [2.05, 4.69) is 4.98 Å². The number of pyridine rings is 1. The minimum Gasteiger partial charge on any atom is -0.473 e. The Hall–Kier alpha value is -1.87. The number of hydrogen-bond donors (Lipinski definition) is 1. The Morgan fingerprint density at radius 3 is 2.63 bits per heavy atom. The molecule has 0 spiro atoms. The van der Waals surface area contributed by atoms with E-state index in [-0.39, 0.29) is 0 Å². The molecule has 0 aliphatic rings. The Balaban J connectivity index is 2.05. The van der Waals surface area contributed by atoms with Gasteiger partial charge in [0, 0.05) is 11.8 Å². The summed E-state index contributed by atoms with van der Waals surface area (Å²) in [6, 6.07) is 11.9. The van der Waals surface area contributed by atoms with Crippen LogP contribution in [0.2, 0.25) is 0 Å². The van der Waals surface area contributed by atoms with Gasteiger partial charge in [0.1, 0.15) is 6.61 Å². The van der Waals surface area contributed by atoms with Crippen LogP contribution in [-0.4, -0.2) is 10.1 Å². The average molecular weight is 257 g/mol. The molecular formula is C16H19NO2. The highest BCUT2D eigenvalue weighted by molar-refractivity contribution is 5.30. The lowest BCUT2D eigenvalue weighted by Crippen LogP contribution is -2.02. The van der Waals surface area contributed by atoms with Crippen molar-refractivity contribution < 1.29 is 9.84 Å². The zero-order chi connectivity index (χ0) is 13.7. The monoisotopic (exact) mass is 257 g/mol. The van der Waals surface area contributed by atoms with Crippen molar-refractivity contribution in [3.05, 3.63) is 59.3 Å². The quantitative estimate of drug-likeness (QED) is 0.892. The topological polar surface area (TPSA) is 42.4 Å². The molecule has 1 heterocycles. The van der Waals surface area contributed by atoms with Crippen molar-refractivity contribution in [2.75, 3.05) is 0 Å². The fraction of sp³-hybridized carbons (Fsp3) is 0.312. The molecule has 0 amide bonds. The standard InChI is InChI=1S/C16H19NO2/c1-3-15(18)14-9-12(2)16(17-10-14)19-11-13-7-5-4-6-8-13/h4-10,15,18H,3,11H2,1-2H3. The third kappa shape index (κ3) is 3.55. The number of aromatic nitrogens is 1. The number of aryl methyl sites for hydroxylation is 1. The summed E-state index contributed by atoms with van der Waals surface area (Å²) in [7, 11) is 0. The molecule has 0 aliphatic heterocycles.